The van der Waals surface area contributed by atoms with Crippen molar-refractivity contribution in [3.63, 3.8) is 0 Å². The van der Waals surface area contributed by atoms with Gasteiger partial charge in [0.25, 0.3) is 0 Å². The van der Waals surface area contributed by atoms with Gasteiger partial charge in [-0.1, -0.05) is 6.07 Å². The molecular weight excluding hydrogens is 212 g/mol. The molecule has 1 atom stereocenters. The number of carbonyl (C=O) groups excluding carboxylic acids is 1. The van der Waals surface area contributed by atoms with Gasteiger partial charge in [-0.2, -0.15) is 0 Å². The van der Waals surface area contributed by atoms with Crippen molar-refractivity contribution in [2.45, 2.75) is 12.5 Å². The maximum absolute atomic E-state index is 11.0. The van der Waals surface area contributed by atoms with E-state index in [9.17, 15) is 14.7 Å². The van der Waals surface area contributed by atoms with Gasteiger partial charge in [0, 0.05) is 5.56 Å². The van der Waals surface area contributed by atoms with E-state index in [1.807, 2.05) is 0 Å². The summed E-state index contributed by atoms with van der Waals surface area (Å²) in [6.45, 7) is 0. The van der Waals surface area contributed by atoms with Crippen molar-refractivity contribution >= 4 is 11.9 Å². The topological polar surface area (TPSA) is 127 Å². The summed E-state index contributed by atoms with van der Waals surface area (Å²) in [6, 6.07) is 2.85. The molecular formula is C10H12N2O4. The van der Waals surface area contributed by atoms with Crippen LogP contribution in [-0.4, -0.2) is 28.1 Å². The standard InChI is InChI=1S/C10H12N2O4/c11-8(10(15)16)3-5-1-2-6(13)4-7(5)9(12)14/h1-2,4,8,13H,3,11H2,(H2,12,14)(H,15,16)/t8-/m0/s1. The van der Waals surface area contributed by atoms with E-state index in [2.05, 4.69) is 0 Å². The average Bonchev–Trinajstić information content (AvgIpc) is 2.20. The van der Waals surface area contributed by atoms with Crippen molar-refractivity contribution < 1.29 is 19.8 Å². The fraction of sp³-hybridized carbons (Fsp3) is 0.200. The number of aliphatic carboxylic acids is 1. The van der Waals surface area contributed by atoms with Crippen LogP contribution in [0.15, 0.2) is 18.2 Å². The predicted octanol–water partition coefficient (Wildman–Crippen LogP) is -0.555. The highest BCUT2D eigenvalue weighted by Gasteiger charge is 2.16. The summed E-state index contributed by atoms with van der Waals surface area (Å²) in [5.41, 5.74) is 10.9. The summed E-state index contributed by atoms with van der Waals surface area (Å²) in [5.74, 6) is -2.01. The van der Waals surface area contributed by atoms with Gasteiger partial charge in [-0.3, -0.25) is 9.59 Å². The third kappa shape index (κ3) is 2.71. The number of rotatable bonds is 4. The summed E-state index contributed by atoms with van der Waals surface area (Å²) in [5, 5.41) is 17.8. The molecule has 0 saturated carbocycles. The zero-order valence-electron chi connectivity index (χ0n) is 8.38. The second kappa shape index (κ2) is 4.63. The smallest absolute Gasteiger partial charge is 0.320 e. The molecule has 0 aliphatic carbocycles. The van der Waals surface area contributed by atoms with E-state index in [-0.39, 0.29) is 17.7 Å². The van der Waals surface area contributed by atoms with Crippen LogP contribution >= 0.6 is 0 Å². The fourth-order valence-electron chi connectivity index (χ4n) is 1.30. The molecule has 1 rings (SSSR count). The van der Waals surface area contributed by atoms with E-state index in [1.54, 1.807) is 0 Å². The largest absolute Gasteiger partial charge is 0.508 e. The van der Waals surface area contributed by atoms with E-state index >= 15 is 0 Å². The van der Waals surface area contributed by atoms with E-state index in [0.717, 1.165) is 0 Å². The van der Waals surface area contributed by atoms with E-state index in [1.165, 1.54) is 18.2 Å². The number of aromatic hydroxyl groups is 1. The third-order valence-electron chi connectivity index (χ3n) is 2.12. The summed E-state index contributed by atoms with van der Waals surface area (Å²) in [4.78, 5) is 21.6. The van der Waals surface area contributed by atoms with Gasteiger partial charge in [0.2, 0.25) is 5.91 Å². The molecule has 0 saturated heterocycles. The SMILES string of the molecule is NC(=O)c1cc(O)ccc1C[C@H](N)C(=O)O. The molecule has 0 fully saturated rings. The minimum atomic E-state index is -1.16. The number of carbonyl (C=O) groups is 2. The molecule has 0 unspecified atom stereocenters. The van der Waals surface area contributed by atoms with Gasteiger partial charge >= 0.3 is 5.97 Å². The van der Waals surface area contributed by atoms with Crippen LogP contribution in [-0.2, 0) is 11.2 Å². The van der Waals surface area contributed by atoms with Crippen molar-refractivity contribution in [1.29, 1.82) is 0 Å². The van der Waals surface area contributed by atoms with E-state index < -0.39 is 17.9 Å². The van der Waals surface area contributed by atoms with Gasteiger partial charge in [-0.05, 0) is 24.1 Å². The van der Waals surface area contributed by atoms with Gasteiger partial charge in [0.05, 0.1) is 0 Å². The fourth-order valence-corrected chi connectivity index (χ4v) is 1.30. The lowest BCUT2D eigenvalue weighted by atomic mass is 10.00. The Morgan fingerprint density at radius 1 is 1.38 bits per heavy atom. The first-order chi connectivity index (χ1) is 7.41. The molecule has 0 aromatic heterocycles. The number of primary amides is 1. The Labute approximate surface area is 91.5 Å². The average molecular weight is 224 g/mol. The first kappa shape index (κ1) is 12.0. The number of hydrogen-bond acceptors (Lipinski definition) is 4. The summed E-state index contributed by atoms with van der Waals surface area (Å²) in [7, 11) is 0. The number of phenols is 1. The van der Waals surface area contributed by atoms with Crippen molar-refractivity contribution in [3.05, 3.63) is 29.3 Å². The number of benzene rings is 1. The molecule has 0 aliphatic heterocycles. The Hall–Kier alpha value is -2.08. The highest BCUT2D eigenvalue weighted by Crippen LogP contribution is 2.17. The first-order valence-corrected chi connectivity index (χ1v) is 4.52. The second-order valence-electron chi connectivity index (χ2n) is 3.35. The summed E-state index contributed by atoms with van der Waals surface area (Å²) >= 11 is 0. The summed E-state index contributed by atoms with van der Waals surface area (Å²) < 4.78 is 0. The molecule has 0 bridgehead atoms. The lowest BCUT2D eigenvalue weighted by molar-refractivity contribution is -0.138. The molecule has 0 aliphatic rings. The molecule has 6 N–H and O–H groups in total. The number of amides is 1. The monoisotopic (exact) mass is 224 g/mol. The van der Waals surface area contributed by atoms with Crippen LogP contribution in [0.5, 0.6) is 5.75 Å². The molecule has 6 nitrogen and oxygen atoms in total. The number of nitrogens with two attached hydrogens (primary N) is 2. The number of carboxylic acids is 1. The van der Waals surface area contributed by atoms with Crippen LogP contribution in [0, 0.1) is 0 Å². The van der Waals surface area contributed by atoms with Gasteiger partial charge in [-0.15, -0.1) is 0 Å². The lowest BCUT2D eigenvalue weighted by Gasteiger charge is -2.10. The molecule has 0 heterocycles. The summed E-state index contributed by atoms with van der Waals surface area (Å²) in [6.07, 6.45) is -0.0200. The minimum absolute atomic E-state index is 0.0200. The van der Waals surface area contributed by atoms with Gasteiger partial charge in [0.15, 0.2) is 0 Å². The van der Waals surface area contributed by atoms with Crippen LogP contribution in [0.2, 0.25) is 0 Å². The normalized spacial score (nSPS) is 12.1. The molecule has 1 aromatic rings. The zero-order valence-corrected chi connectivity index (χ0v) is 8.38. The van der Waals surface area contributed by atoms with Crippen molar-refractivity contribution in [2.75, 3.05) is 0 Å². The van der Waals surface area contributed by atoms with Crippen molar-refractivity contribution in [1.82, 2.24) is 0 Å². The van der Waals surface area contributed by atoms with Crippen molar-refractivity contribution in [3.8, 4) is 5.75 Å². The Morgan fingerprint density at radius 2 is 2.00 bits per heavy atom. The van der Waals surface area contributed by atoms with E-state index in [4.69, 9.17) is 16.6 Å². The maximum Gasteiger partial charge on any atom is 0.320 e. The van der Waals surface area contributed by atoms with Crippen molar-refractivity contribution in [2.24, 2.45) is 11.5 Å². The van der Waals surface area contributed by atoms with Crippen LogP contribution in [0.3, 0.4) is 0 Å². The van der Waals surface area contributed by atoms with E-state index in [0.29, 0.717) is 5.56 Å². The molecule has 1 amide bonds. The minimum Gasteiger partial charge on any atom is -0.508 e. The van der Waals surface area contributed by atoms with Crippen LogP contribution in [0.1, 0.15) is 15.9 Å². The quantitative estimate of drug-likeness (QED) is 0.545. The van der Waals surface area contributed by atoms with Crippen LogP contribution in [0.25, 0.3) is 0 Å². The number of phenolic OH excluding ortho intramolecular Hbond substituents is 1. The molecule has 0 radical (unpaired) electrons. The number of hydrogen-bond donors (Lipinski definition) is 4. The van der Waals surface area contributed by atoms with Gasteiger partial charge in [0.1, 0.15) is 11.8 Å². The van der Waals surface area contributed by atoms with Gasteiger partial charge < -0.3 is 21.7 Å². The zero-order chi connectivity index (χ0) is 12.3. The Bertz CT molecular complexity index is 431. The van der Waals surface area contributed by atoms with Gasteiger partial charge in [-0.25, -0.2) is 0 Å². The highest BCUT2D eigenvalue weighted by molar-refractivity contribution is 5.95. The highest BCUT2D eigenvalue weighted by atomic mass is 16.4. The maximum atomic E-state index is 11.0. The van der Waals surface area contributed by atoms with Crippen LogP contribution < -0.4 is 11.5 Å². The lowest BCUT2D eigenvalue weighted by Crippen LogP contribution is -2.33. The molecule has 1 aromatic carbocycles. The Balaban J connectivity index is 3.04. The molecule has 0 spiro atoms. The number of carboxylic acid groups (broad SMARTS) is 1. The Kier molecular flexibility index (Phi) is 3.47. The molecule has 16 heavy (non-hydrogen) atoms. The Morgan fingerprint density at radius 3 is 2.50 bits per heavy atom. The molecule has 6 heteroatoms. The second-order valence-corrected chi connectivity index (χ2v) is 3.35. The first-order valence-electron chi connectivity index (χ1n) is 4.52. The molecule has 86 valence electrons. The third-order valence-corrected chi connectivity index (χ3v) is 2.12. The van der Waals surface area contributed by atoms with Crippen LogP contribution in [0.4, 0.5) is 0 Å². The predicted molar refractivity (Wildman–Crippen MR) is 55.9 cm³/mol.